The molecule has 0 amide bonds. The van der Waals surface area contributed by atoms with Crippen LogP contribution in [0, 0.1) is 0 Å². The number of hydrogen-bond acceptors (Lipinski definition) is 2. The van der Waals surface area contributed by atoms with Crippen LogP contribution < -0.4 is 5.73 Å². The molecule has 2 heteroatoms. The van der Waals surface area contributed by atoms with Gasteiger partial charge in [-0.05, 0) is 44.4 Å². The second-order valence-electron chi connectivity index (χ2n) is 4.74. The van der Waals surface area contributed by atoms with Gasteiger partial charge < -0.3 is 5.73 Å². The molecule has 1 fully saturated rings. The summed E-state index contributed by atoms with van der Waals surface area (Å²) in [4.78, 5) is 2.57. The molecule has 0 bridgehead atoms. The van der Waals surface area contributed by atoms with Gasteiger partial charge in [-0.15, -0.1) is 0 Å². The van der Waals surface area contributed by atoms with Crippen LogP contribution in [0.25, 0.3) is 0 Å². The maximum absolute atomic E-state index is 5.68. The highest BCUT2D eigenvalue weighted by molar-refractivity contribution is 5.39. The lowest BCUT2D eigenvalue weighted by atomic mass is 10.1. The molecule has 0 radical (unpaired) electrons. The van der Waals surface area contributed by atoms with Crippen LogP contribution in [0.1, 0.15) is 32.3 Å². The van der Waals surface area contributed by atoms with Crippen LogP contribution in [0.4, 0.5) is 5.69 Å². The zero-order chi connectivity index (χ0) is 10.8. The Balaban J connectivity index is 2.02. The Morgan fingerprint density at radius 1 is 1.27 bits per heavy atom. The smallest absolute Gasteiger partial charge is 0.0314 e. The molecule has 0 aliphatic heterocycles. The standard InChI is InChI=1S/C13H20N2/c1-10(2)15(13-7-8-13)9-11-3-5-12(14)6-4-11/h3-6,10,13H,7-9,14H2,1-2H3. The molecule has 2 rings (SSSR count). The number of nitrogen functional groups attached to an aromatic ring is 1. The van der Waals surface area contributed by atoms with Gasteiger partial charge in [0.15, 0.2) is 0 Å². The van der Waals surface area contributed by atoms with E-state index in [-0.39, 0.29) is 0 Å². The molecule has 15 heavy (non-hydrogen) atoms. The van der Waals surface area contributed by atoms with Gasteiger partial charge in [0.05, 0.1) is 0 Å². The summed E-state index contributed by atoms with van der Waals surface area (Å²) in [7, 11) is 0. The van der Waals surface area contributed by atoms with Gasteiger partial charge in [0, 0.05) is 24.3 Å². The molecule has 82 valence electrons. The first-order valence-corrected chi connectivity index (χ1v) is 5.77. The third-order valence-corrected chi connectivity index (χ3v) is 3.02. The summed E-state index contributed by atoms with van der Waals surface area (Å²) in [6.45, 7) is 5.61. The van der Waals surface area contributed by atoms with E-state index < -0.39 is 0 Å². The van der Waals surface area contributed by atoms with Crippen LogP contribution in [-0.4, -0.2) is 17.0 Å². The molecule has 1 aliphatic carbocycles. The molecule has 1 aromatic carbocycles. The maximum atomic E-state index is 5.68. The van der Waals surface area contributed by atoms with Crippen molar-refractivity contribution in [3.8, 4) is 0 Å². The van der Waals surface area contributed by atoms with Gasteiger partial charge in [0.1, 0.15) is 0 Å². The number of benzene rings is 1. The molecule has 0 atom stereocenters. The van der Waals surface area contributed by atoms with Gasteiger partial charge in [0.25, 0.3) is 0 Å². The summed E-state index contributed by atoms with van der Waals surface area (Å²) in [6.07, 6.45) is 2.74. The number of nitrogens with two attached hydrogens (primary N) is 1. The minimum atomic E-state index is 0.634. The monoisotopic (exact) mass is 204 g/mol. The predicted molar refractivity (Wildman–Crippen MR) is 64.6 cm³/mol. The first kappa shape index (κ1) is 10.5. The predicted octanol–water partition coefficient (Wildman–Crippen LogP) is 2.64. The van der Waals surface area contributed by atoms with E-state index in [0.29, 0.717) is 6.04 Å². The van der Waals surface area contributed by atoms with Gasteiger partial charge >= 0.3 is 0 Å². The molecule has 1 aromatic rings. The zero-order valence-electron chi connectivity index (χ0n) is 9.61. The third kappa shape index (κ3) is 2.72. The van der Waals surface area contributed by atoms with Crippen molar-refractivity contribution in [3.63, 3.8) is 0 Å². The van der Waals surface area contributed by atoms with Crippen LogP contribution in [0.3, 0.4) is 0 Å². The molecule has 2 nitrogen and oxygen atoms in total. The number of hydrogen-bond donors (Lipinski definition) is 1. The fourth-order valence-electron chi connectivity index (χ4n) is 1.97. The summed E-state index contributed by atoms with van der Waals surface area (Å²) in [5, 5.41) is 0. The minimum absolute atomic E-state index is 0.634. The Morgan fingerprint density at radius 3 is 2.33 bits per heavy atom. The van der Waals surface area contributed by atoms with Crippen LogP contribution >= 0.6 is 0 Å². The quantitative estimate of drug-likeness (QED) is 0.764. The molecule has 0 aromatic heterocycles. The Labute approximate surface area is 92.1 Å². The topological polar surface area (TPSA) is 29.3 Å². The average Bonchev–Trinajstić information content (AvgIpc) is 3.00. The van der Waals surface area contributed by atoms with E-state index >= 15 is 0 Å². The van der Waals surface area contributed by atoms with Gasteiger partial charge in [-0.2, -0.15) is 0 Å². The number of rotatable bonds is 4. The summed E-state index contributed by atoms with van der Waals surface area (Å²) in [5.41, 5.74) is 7.89. The summed E-state index contributed by atoms with van der Waals surface area (Å²) in [6, 6.07) is 9.69. The molecule has 0 heterocycles. The first-order chi connectivity index (χ1) is 7.16. The Bertz CT molecular complexity index is 310. The minimum Gasteiger partial charge on any atom is -0.399 e. The van der Waals surface area contributed by atoms with Gasteiger partial charge in [-0.25, -0.2) is 0 Å². The molecular weight excluding hydrogens is 184 g/mol. The van der Waals surface area contributed by atoms with Crippen molar-refractivity contribution in [3.05, 3.63) is 29.8 Å². The molecular formula is C13H20N2. The van der Waals surface area contributed by atoms with Gasteiger partial charge in [0.2, 0.25) is 0 Å². The number of anilines is 1. The Kier molecular flexibility index (Phi) is 2.96. The molecule has 2 N–H and O–H groups in total. The second-order valence-corrected chi connectivity index (χ2v) is 4.74. The second kappa shape index (κ2) is 4.23. The van der Waals surface area contributed by atoms with Gasteiger partial charge in [-0.3, -0.25) is 4.90 Å². The van der Waals surface area contributed by atoms with E-state index in [0.717, 1.165) is 18.3 Å². The highest BCUT2D eigenvalue weighted by Gasteiger charge is 2.30. The van der Waals surface area contributed by atoms with Crippen molar-refractivity contribution in [2.45, 2.75) is 45.3 Å². The molecule has 1 aliphatic rings. The fourth-order valence-corrected chi connectivity index (χ4v) is 1.97. The molecule has 0 saturated heterocycles. The van der Waals surface area contributed by atoms with E-state index in [1.807, 2.05) is 12.1 Å². The van der Waals surface area contributed by atoms with E-state index in [2.05, 4.69) is 30.9 Å². The van der Waals surface area contributed by atoms with Crippen molar-refractivity contribution in [2.75, 3.05) is 5.73 Å². The first-order valence-electron chi connectivity index (χ1n) is 5.77. The van der Waals surface area contributed by atoms with E-state index in [1.54, 1.807) is 0 Å². The SMILES string of the molecule is CC(C)N(Cc1ccc(N)cc1)C1CC1. The Morgan fingerprint density at radius 2 is 1.87 bits per heavy atom. The Hall–Kier alpha value is -1.02. The van der Waals surface area contributed by atoms with Crippen molar-refractivity contribution in [1.82, 2.24) is 4.90 Å². The van der Waals surface area contributed by atoms with Crippen molar-refractivity contribution in [1.29, 1.82) is 0 Å². The molecule has 0 unspecified atom stereocenters. The van der Waals surface area contributed by atoms with E-state index in [4.69, 9.17) is 5.73 Å². The lowest BCUT2D eigenvalue weighted by Crippen LogP contribution is -2.32. The van der Waals surface area contributed by atoms with Crippen LogP contribution in [0.15, 0.2) is 24.3 Å². The largest absolute Gasteiger partial charge is 0.399 e. The highest BCUT2D eigenvalue weighted by Crippen LogP contribution is 2.30. The number of nitrogens with zero attached hydrogens (tertiary/aromatic N) is 1. The van der Waals surface area contributed by atoms with Crippen LogP contribution in [-0.2, 0) is 6.54 Å². The molecule has 1 saturated carbocycles. The zero-order valence-corrected chi connectivity index (χ0v) is 9.61. The summed E-state index contributed by atoms with van der Waals surface area (Å²) < 4.78 is 0. The third-order valence-electron chi connectivity index (χ3n) is 3.02. The lowest BCUT2D eigenvalue weighted by Gasteiger charge is -2.26. The van der Waals surface area contributed by atoms with Crippen molar-refractivity contribution < 1.29 is 0 Å². The summed E-state index contributed by atoms with van der Waals surface area (Å²) >= 11 is 0. The van der Waals surface area contributed by atoms with Gasteiger partial charge in [-0.1, -0.05) is 12.1 Å². The van der Waals surface area contributed by atoms with Crippen molar-refractivity contribution in [2.24, 2.45) is 0 Å². The average molecular weight is 204 g/mol. The lowest BCUT2D eigenvalue weighted by molar-refractivity contribution is 0.202. The summed E-state index contributed by atoms with van der Waals surface area (Å²) in [5.74, 6) is 0. The molecule has 0 spiro atoms. The maximum Gasteiger partial charge on any atom is 0.0314 e. The van der Waals surface area contributed by atoms with Crippen molar-refractivity contribution >= 4 is 5.69 Å². The normalized spacial score (nSPS) is 16.3. The fraction of sp³-hybridized carbons (Fsp3) is 0.538. The van der Waals surface area contributed by atoms with Crippen LogP contribution in [0.2, 0.25) is 0 Å². The van der Waals surface area contributed by atoms with E-state index in [9.17, 15) is 0 Å². The van der Waals surface area contributed by atoms with E-state index in [1.165, 1.54) is 18.4 Å². The van der Waals surface area contributed by atoms with Crippen LogP contribution in [0.5, 0.6) is 0 Å². The highest BCUT2D eigenvalue weighted by atomic mass is 15.2.